The zero-order chi connectivity index (χ0) is 15.1. The van der Waals surface area contributed by atoms with Gasteiger partial charge in [0.15, 0.2) is 0 Å². The van der Waals surface area contributed by atoms with E-state index in [4.69, 9.17) is 10.5 Å². The Morgan fingerprint density at radius 2 is 1.25 bits per heavy atom. The first-order chi connectivity index (χ1) is 9.68. The maximum atomic E-state index is 11.1. The minimum Gasteiger partial charge on any atom is -0.465 e. The highest BCUT2D eigenvalue weighted by molar-refractivity contribution is 5.74. The molecule has 3 heteroatoms. The van der Waals surface area contributed by atoms with Crippen molar-refractivity contribution in [1.29, 1.82) is 0 Å². The number of hydrogen-bond acceptors (Lipinski definition) is 3. The lowest BCUT2D eigenvalue weighted by atomic mass is 10.1. The fraction of sp³-hybridized carbons (Fsp3) is 0.941. The average Bonchev–Trinajstić information content (AvgIpc) is 2.43. The molecule has 0 aromatic heterocycles. The monoisotopic (exact) mass is 285 g/mol. The van der Waals surface area contributed by atoms with Crippen LogP contribution < -0.4 is 5.73 Å². The second-order valence-corrected chi connectivity index (χ2v) is 5.85. The van der Waals surface area contributed by atoms with E-state index >= 15 is 0 Å². The van der Waals surface area contributed by atoms with Crippen LogP contribution >= 0.6 is 0 Å². The van der Waals surface area contributed by atoms with Gasteiger partial charge in [-0.25, -0.2) is 0 Å². The predicted molar refractivity (Wildman–Crippen MR) is 85.7 cm³/mol. The van der Waals surface area contributed by atoms with Crippen LogP contribution in [0.2, 0.25) is 0 Å². The molecule has 0 saturated carbocycles. The van der Waals surface area contributed by atoms with E-state index in [2.05, 4.69) is 6.92 Å². The molecule has 0 aliphatic heterocycles. The van der Waals surface area contributed by atoms with Crippen molar-refractivity contribution < 1.29 is 9.53 Å². The molecule has 0 aliphatic carbocycles. The first-order valence-electron chi connectivity index (χ1n) is 8.60. The summed E-state index contributed by atoms with van der Waals surface area (Å²) in [4.78, 5) is 11.1. The number of rotatable bonds is 14. The van der Waals surface area contributed by atoms with Crippen LogP contribution in [0.1, 0.15) is 90.9 Å². The summed E-state index contributed by atoms with van der Waals surface area (Å²) in [5, 5.41) is 0. The van der Waals surface area contributed by atoms with E-state index in [-0.39, 0.29) is 5.97 Å². The van der Waals surface area contributed by atoms with Crippen molar-refractivity contribution in [3.05, 3.63) is 0 Å². The first kappa shape index (κ1) is 19.4. The van der Waals surface area contributed by atoms with Gasteiger partial charge < -0.3 is 10.5 Å². The lowest BCUT2D eigenvalue weighted by Gasteiger charge is -2.06. The molecule has 0 amide bonds. The molecule has 0 rings (SSSR count). The van der Waals surface area contributed by atoms with Crippen LogP contribution in [0.3, 0.4) is 0 Å². The van der Waals surface area contributed by atoms with Gasteiger partial charge in [0, 0.05) is 0 Å². The Labute approximate surface area is 125 Å². The van der Waals surface area contributed by atoms with Crippen LogP contribution in [-0.2, 0) is 9.53 Å². The Morgan fingerprint density at radius 3 is 1.65 bits per heavy atom. The lowest BCUT2D eigenvalue weighted by molar-refractivity contribution is -0.144. The second-order valence-electron chi connectivity index (χ2n) is 5.85. The molecule has 0 aromatic rings. The van der Waals surface area contributed by atoms with E-state index in [9.17, 15) is 4.79 Å². The van der Waals surface area contributed by atoms with Gasteiger partial charge in [-0.15, -0.1) is 0 Å². The molecule has 0 heterocycles. The quantitative estimate of drug-likeness (QED) is 0.375. The zero-order valence-corrected chi connectivity index (χ0v) is 13.7. The molecule has 20 heavy (non-hydrogen) atoms. The average molecular weight is 285 g/mol. The summed E-state index contributed by atoms with van der Waals surface area (Å²) < 4.78 is 5.03. The van der Waals surface area contributed by atoms with Gasteiger partial charge in [-0.2, -0.15) is 0 Å². The highest BCUT2D eigenvalue weighted by Gasteiger charge is 2.07. The van der Waals surface area contributed by atoms with Crippen molar-refractivity contribution in [2.24, 2.45) is 5.73 Å². The largest absolute Gasteiger partial charge is 0.465 e. The molecule has 0 spiro atoms. The Bertz CT molecular complexity index is 217. The number of ether oxygens (including phenoxy) is 1. The fourth-order valence-electron chi connectivity index (χ4n) is 2.25. The maximum Gasteiger partial charge on any atom is 0.322 e. The van der Waals surface area contributed by atoms with Crippen LogP contribution in [0.5, 0.6) is 0 Å². The van der Waals surface area contributed by atoms with Gasteiger partial charge in [-0.1, -0.05) is 77.6 Å². The Balaban J connectivity index is 3.04. The van der Waals surface area contributed by atoms with Gasteiger partial charge in [-0.05, 0) is 13.3 Å². The summed E-state index contributed by atoms with van der Waals surface area (Å²) in [7, 11) is 0. The van der Waals surface area contributed by atoms with Crippen LogP contribution in [0, 0.1) is 0 Å². The highest BCUT2D eigenvalue weighted by Crippen LogP contribution is 2.11. The van der Waals surface area contributed by atoms with Crippen LogP contribution in [-0.4, -0.2) is 18.6 Å². The Kier molecular flexibility index (Phi) is 14.4. The number of esters is 1. The van der Waals surface area contributed by atoms with E-state index in [0.717, 1.165) is 12.8 Å². The smallest absolute Gasteiger partial charge is 0.322 e. The maximum absolute atomic E-state index is 11.1. The highest BCUT2D eigenvalue weighted by atomic mass is 16.5. The molecular formula is C17H35NO2. The van der Waals surface area contributed by atoms with E-state index in [0.29, 0.717) is 6.61 Å². The first-order valence-corrected chi connectivity index (χ1v) is 8.60. The standard InChI is InChI=1S/C17H35NO2/c1-3-4-5-6-7-8-9-10-11-12-13-14-15-20-17(19)16(2)18/h16H,3-15,18H2,1-2H3. The summed E-state index contributed by atoms with van der Waals surface area (Å²) in [6, 6.07) is -0.493. The molecule has 0 bridgehead atoms. The summed E-state index contributed by atoms with van der Waals surface area (Å²) >= 11 is 0. The van der Waals surface area contributed by atoms with Crippen molar-refractivity contribution in [2.75, 3.05) is 6.61 Å². The van der Waals surface area contributed by atoms with Gasteiger partial charge in [0.05, 0.1) is 6.61 Å². The minimum absolute atomic E-state index is 0.284. The lowest BCUT2D eigenvalue weighted by Crippen LogP contribution is -2.28. The number of hydrogen-bond donors (Lipinski definition) is 1. The number of carbonyl (C=O) groups is 1. The molecule has 0 radical (unpaired) electrons. The summed E-state index contributed by atoms with van der Waals surface area (Å²) in [5.41, 5.74) is 5.41. The second kappa shape index (κ2) is 14.8. The molecule has 1 atom stereocenters. The van der Waals surface area contributed by atoms with Crippen molar-refractivity contribution >= 4 is 5.97 Å². The van der Waals surface area contributed by atoms with Crippen molar-refractivity contribution in [1.82, 2.24) is 0 Å². The minimum atomic E-state index is -0.493. The molecule has 120 valence electrons. The van der Waals surface area contributed by atoms with E-state index in [1.807, 2.05) is 0 Å². The van der Waals surface area contributed by atoms with Crippen molar-refractivity contribution in [3.63, 3.8) is 0 Å². The number of unbranched alkanes of at least 4 members (excludes halogenated alkanes) is 11. The third kappa shape index (κ3) is 13.9. The molecule has 3 nitrogen and oxygen atoms in total. The van der Waals surface area contributed by atoms with Crippen LogP contribution in [0.15, 0.2) is 0 Å². The Hall–Kier alpha value is -0.570. The van der Waals surface area contributed by atoms with Gasteiger partial charge in [-0.3, -0.25) is 4.79 Å². The molecule has 0 aliphatic rings. The van der Waals surface area contributed by atoms with E-state index < -0.39 is 6.04 Å². The van der Waals surface area contributed by atoms with E-state index in [1.165, 1.54) is 64.2 Å². The van der Waals surface area contributed by atoms with Crippen molar-refractivity contribution in [3.8, 4) is 0 Å². The summed E-state index contributed by atoms with van der Waals surface area (Å²) in [6.45, 7) is 4.44. The molecule has 2 N–H and O–H groups in total. The Morgan fingerprint density at radius 1 is 0.850 bits per heavy atom. The topological polar surface area (TPSA) is 52.3 Å². The van der Waals surface area contributed by atoms with Crippen molar-refractivity contribution in [2.45, 2.75) is 96.9 Å². The zero-order valence-electron chi connectivity index (χ0n) is 13.7. The number of carbonyl (C=O) groups excluding carboxylic acids is 1. The third-order valence-electron chi connectivity index (χ3n) is 3.61. The fourth-order valence-corrected chi connectivity index (χ4v) is 2.25. The third-order valence-corrected chi connectivity index (χ3v) is 3.61. The summed E-state index contributed by atoms with van der Waals surface area (Å²) in [5.74, 6) is -0.284. The molecular weight excluding hydrogens is 250 g/mol. The molecule has 0 fully saturated rings. The van der Waals surface area contributed by atoms with Gasteiger partial charge in [0.2, 0.25) is 0 Å². The van der Waals surface area contributed by atoms with Crippen LogP contribution in [0.25, 0.3) is 0 Å². The van der Waals surface area contributed by atoms with Gasteiger partial charge in [0.1, 0.15) is 6.04 Å². The molecule has 0 saturated heterocycles. The van der Waals surface area contributed by atoms with Gasteiger partial charge in [0.25, 0.3) is 0 Å². The molecule has 0 aromatic carbocycles. The summed E-state index contributed by atoms with van der Waals surface area (Å²) in [6.07, 6.45) is 15.8. The normalized spacial score (nSPS) is 12.3. The predicted octanol–water partition coefficient (Wildman–Crippen LogP) is 4.58. The molecule has 1 unspecified atom stereocenters. The van der Waals surface area contributed by atoms with Crippen LogP contribution in [0.4, 0.5) is 0 Å². The van der Waals surface area contributed by atoms with Gasteiger partial charge >= 0.3 is 5.97 Å². The van der Waals surface area contributed by atoms with E-state index in [1.54, 1.807) is 6.92 Å². The SMILES string of the molecule is CCCCCCCCCCCCCCOC(=O)C(C)N. The number of nitrogens with two attached hydrogens (primary N) is 1.